The van der Waals surface area contributed by atoms with Crippen LogP contribution in [0.3, 0.4) is 0 Å². The molecule has 0 radical (unpaired) electrons. The van der Waals surface area contributed by atoms with E-state index in [4.69, 9.17) is 0 Å². The third-order valence-electron chi connectivity index (χ3n) is 1.90. The molecule has 0 aliphatic rings. The quantitative estimate of drug-likeness (QED) is 0.694. The molecule has 0 N–H and O–H groups in total. The number of aromatic nitrogens is 1. The van der Waals surface area contributed by atoms with Crippen LogP contribution in [0.2, 0.25) is 0 Å². The first-order valence-electron chi connectivity index (χ1n) is 4.62. The maximum atomic E-state index is 11.8. The van der Waals surface area contributed by atoms with Crippen molar-refractivity contribution in [2.24, 2.45) is 0 Å². The standard InChI is InChI=1S/C11H9N2O2S.Na/c14-16(15,10-6-2-1-3-7-10)13-11-8-4-5-9-12-11;/h1-9H;/q-1;+1. The first kappa shape index (κ1) is 14.2. The maximum Gasteiger partial charge on any atom is 1.00 e. The number of nitrogens with zero attached hydrogens (tertiary/aromatic N) is 2. The van der Waals surface area contributed by atoms with E-state index in [-0.39, 0.29) is 40.3 Å². The van der Waals surface area contributed by atoms with Gasteiger partial charge in [-0.1, -0.05) is 42.6 Å². The first-order valence-corrected chi connectivity index (χ1v) is 6.06. The Morgan fingerprint density at radius 2 is 1.59 bits per heavy atom. The third kappa shape index (κ3) is 3.81. The molecule has 1 aromatic heterocycles. The third-order valence-corrected chi connectivity index (χ3v) is 3.20. The van der Waals surface area contributed by atoms with E-state index in [1.54, 1.807) is 36.4 Å². The van der Waals surface area contributed by atoms with Crippen molar-refractivity contribution in [2.45, 2.75) is 4.90 Å². The van der Waals surface area contributed by atoms with E-state index in [9.17, 15) is 8.42 Å². The van der Waals surface area contributed by atoms with Crippen LogP contribution in [0.15, 0.2) is 59.6 Å². The molecule has 0 bridgehead atoms. The summed E-state index contributed by atoms with van der Waals surface area (Å²) < 4.78 is 27.2. The average molecular weight is 256 g/mol. The molecule has 0 fully saturated rings. The van der Waals surface area contributed by atoms with E-state index in [2.05, 4.69) is 9.71 Å². The van der Waals surface area contributed by atoms with Crippen molar-refractivity contribution in [3.05, 3.63) is 59.4 Å². The second kappa shape index (κ2) is 6.16. The molecule has 0 aliphatic carbocycles. The number of hydrogen-bond acceptors (Lipinski definition) is 3. The minimum absolute atomic E-state index is 0. The summed E-state index contributed by atoms with van der Waals surface area (Å²) in [5.41, 5.74) is 0. The number of hydrogen-bond donors (Lipinski definition) is 0. The van der Waals surface area contributed by atoms with Crippen molar-refractivity contribution in [1.82, 2.24) is 4.98 Å². The zero-order chi connectivity index (χ0) is 11.4. The van der Waals surface area contributed by atoms with Gasteiger partial charge in [-0.05, 0) is 18.0 Å². The largest absolute Gasteiger partial charge is 1.00 e. The Balaban J connectivity index is 0.00000144. The fraction of sp³-hybridized carbons (Fsp3) is 0. The van der Waals surface area contributed by atoms with E-state index < -0.39 is 10.0 Å². The van der Waals surface area contributed by atoms with Gasteiger partial charge in [-0.2, -0.15) is 0 Å². The molecule has 1 aromatic carbocycles. The van der Waals surface area contributed by atoms with E-state index in [0.29, 0.717) is 0 Å². The van der Waals surface area contributed by atoms with Gasteiger partial charge in [0.25, 0.3) is 0 Å². The van der Waals surface area contributed by atoms with Crippen LogP contribution in [0.5, 0.6) is 0 Å². The summed E-state index contributed by atoms with van der Waals surface area (Å²) in [6.45, 7) is 0. The minimum Gasteiger partial charge on any atom is -0.442 e. The van der Waals surface area contributed by atoms with E-state index in [0.717, 1.165) is 0 Å². The van der Waals surface area contributed by atoms with Gasteiger partial charge < -0.3 is 9.71 Å². The molecule has 6 heteroatoms. The normalized spacial score (nSPS) is 10.4. The van der Waals surface area contributed by atoms with Crippen LogP contribution in [-0.2, 0) is 10.0 Å². The van der Waals surface area contributed by atoms with Crippen LogP contribution >= 0.6 is 0 Å². The fourth-order valence-corrected chi connectivity index (χ4v) is 2.14. The molecule has 0 unspecified atom stereocenters. The van der Waals surface area contributed by atoms with Crippen LogP contribution < -0.4 is 29.6 Å². The Morgan fingerprint density at radius 3 is 2.18 bits per heavy atom. The Bertz CT molecular complexity index is 559. The predicted molar refractivity (Wildman–Crippen MR) is 60.9 cm³/mol. The van der Waals surface area contributed by atoms with Crippen molar-refractivity contribution >= 4 is 15.8 Å². The van der Waals surface area contributed by atoms with Gasteiger partial charge in [-0.15, -0.1) is 0 Å². The minimum atomic E-state index is -3.65. The van der Waals surface area contributed by atoms with Gasteiger partial charge >= 0.3 is 29.6 Å². The topological polar surface area (TPSA) is 61.1 Å². The molecule has 82 valence electrons. The van der Waals surface area contributed by atoms with Crippen LogP contribution in [0.25, 0.3) is 4.72 Å². The molecule has 0 saturated heterocycles. The summed E-state index contributed by atoms with van der Waals surface area (Å²) in [5, 5.41) is 0. The summed E-state index contributed by atoms with van der Waals surface area (Å²) in [7, 11) is -3.65. The van der Waals surface area contributed by atoms with E-state index in [1.165, 1.54) is 18.3 Å². The van der Waals surface area contributed by atoms with E-state index in [1.807, 2.05) is 0 Å². The molecule has 0 amide bonds. The van der Waals surface area contributed by atoms with Crippen molar-refractivity contribution in [2.75, 3.05) is 0 Å². The van der Waals surface area contributed by atoms with Crippen LogP contribution in [0, 0.1) is 0 Å². The second-order valence-electron chi connectivity index (χ2n) is 3.07. The van der Waals surface area contributed by atoms with Gasteiger partial charge in [0.2, 0.25) is 10.0 Å². The summed E-state index contributed by atoms with van der Waals surface area (Å²) in [6.07, 6.45) is 1.50. The van der Waals surface area contributed by atoms with Gasteiger partial charge in [-0.25, -0.2) is 8.42 Å². The molecule has 2 aromatic rings. The van der Waals surface area contributed by atoms with E-state index >= 15 is 0 Å². The molecule has 4 nitrogen and oxygen atoms in total. The zero-order valence-electron chi connectivity index (χ0n) is 9.32. The van der Waals surface area contributed by atoms with Crippen molar-refractivity contribution < 1.29 is 38.0 Å². The van der Waals surface area contributed by atoms with Gasteiger partial charge in [0, 0.05) is 0 Å². The summed E-state index contributed by atoms with van der Waals surface area (Å²) in [4.78, 5) is 4.01. The molecule has 17 heavy (non-hydrogen) atoms. The molecular weight excluding hydrogens is 247 g/mol. The number of rotatable bonds is 3. The van der Waals surface area contributed by atoms with Crippen molar-refractivity contribution in [1.29, 1.82) is 0 Å². The van der Waals surface area contributed by atoms with Gasteiger partial charge in [0.05, 0.1) is 4.90 Å². The van der Waals surface area contributed by atoms with Crippen LogP contribution in [-0.4, -0.2) is 13.4 Å². The number of benzene rings is 1. The molecule has 0 atom stereocenters. The van der Waals surface area contributed by atoms with Crippen molar-refractivity contribution in [3.8, 4) is 0 Å². The second-order valence-corrected chi connectivity index (χ2v) is 4.67. The number of sulfonamides is 1. The summed E-state index contributed by atoms with van der Waals surface area (Å²) >= 11 is 0. The van der Waals surface area contributed by atoms with Crippen LogP contribution in [0.1, 0.15) is 0 Å². The molecule has 2 rings (SSSR count). The Hall–Kier alpha value is -0.880. The Morgan fingerprint density at radius 1 is 0.941 bits per heavy atom. The van der Waals surface area contributed by atoms with Gasteiger partial charge in [0.1, 0.15) is 0 Å². The average Bonchev–Trinajstić information content (AvgIpc) is 2.31. The summed E-state index contributed by atoms with van der Waals surface area (Å²) in [5.74, 6) is 0.186. The summed E-state index contributed by atoms with van der Waals surface area (Å²) in [6, 6.07) is 13.0. The molecule has 0 aliphatic heterocycles. The molecule has 1 heterocycles. The Kier molecular flexibility index (Phi) is 5.14. The molecule has 0 spiro atoms. The van der Waals surface area contributed by atoms with Crippen molar-refractivity contribution in [3.63, 3.8) is 0 Å². The first-order chi connectivity index (χ1) is 7.68. The SMILES string of the molecule is O=S(=O)([N-]c1ccccn1)c1ccccc1.[Na+]. The number of pyridine rings is 1. The smallest absolute Gasteiger partial charge is 0.442 e. The Labute approximate surface area is 122 Å². The molecular formula is C11H9N2NaO2S. The van der Waals surface area contributed by atoms with Gasteiger partial charge in [0.15, 0.2) is 0 Å². The maximum absolute atomic E-state index is 11.8. The zero-order valence-corrected chi connectivity index (χ0v) is 12.1. The molecule has 0 saturated carbocycles. The van der Waals surface area contributed by atoms with Crippen LogP contribution in [0.4, 0.5) is 5.82 Å². The monoisotopic (exact) mass is 256 g/mol. The predicted octanol–water partition coefficient (Wildman–Crippen LogP) is -0.520. The fourth-order valence-electron chi connectivity index (χ4n) is 1.18. The van der Waals surface area contributed by atoms with Gasteiger partial charge in [-0.3, -0.25) is 0 Å².